The van der Waals surface area contributed by atoms with Crippen LogP contribution in [0.4, 0.5) is 0 Å². The van der Waals surface area contributed by atoms with Crippen molar-refractivity contribution in [1.82, 2.24) is 14.8 Å². The van der Waals surface area contributed by atoms with Crippen LogP contribution < -0.4 is 10.1 Å². The van der Waals surface area contributed by atoms with Crippen molar-refractivity contribution in [2.45, 2.75) is 19.5 Å². The van der Waals surface area contributed by atoms with Gasteiger partial charge in [-0.1, -0.05) is 30.3 Å². The average molecular weight is 365 g/mol. The number of carbonyl (C=O) groups excluding carboxylic acids is 1. The van der Waals surface area contributed by atoms with Crippen molar-refractivity contribution in [2.24, 2.45) is 0 Å². The Morgan fingerprint density at radius 3 is 2.63 bits per heavy atom. The van der Waals surface area contributed by atoms with E-state index in [0.717, 1.165) is 23.4 Å². The molecule has 142 valence electrons. The van der Waals surface area contributed by atoms with E-state index in [-0.39, 0.29) is 5.91 Å². The Labute approximate surface area is 160 Å². The fraction of sp³-hybridized carbons (Fsp3) is 0.318. The molecule has 0 fully saturated rings. The van der Waals surface area contributed by atoms with Gasteiger partial charge in [0, 0.05) is 37.8 Å². The summed E-state index contributed by atoms with van der Waals surface area (Å²) in [5.41, 5.74) is 2.23. The molecule has 0 radical (unpaired) electrons. The fourth-order valence-electron chi connectivity index (χ4n) is 2.90. The van der Waals surface area contributed by atoms with Crippen molar-refractivity contribution in [3.63, 3.8) is 0 Å². The number of ether oxygens (including phenoxy) is 1. The monoisotopic (exact) mass is 365 g/mol. The van der Waals surface area contributed by atoms with Crippen LogP contribution in [-0.4, -0.2) is 42.6 Å². The minimum atomic E-state index is 0.0547. The maximum atomic E-state index is 12.2. The summed E-state index contributed by atoms with van der Waals surface area (Å²) in [6.07, 6.45) is 2.50. The molecule has 2 aromatic carbocycles. The SMILES string of the molecule is CN(C)CCOc1ccc(CNC(=O)CCn2ccc3ccccc32)cc1. The lowest BCUT2D eigenvalue weighted by molar-refractivity contribution is -0.121. The predicted octanol–water partition coefficient (Wildman–Crippen LogP) is 3.29. The number of para-hydroxylation sites is 1. The molecule has 1 aromatic heterocycles. The number of nitrogens with zero attached hydrogens (tertiary/aromatic N) is 2. The molecule has 0 aliphatic rings. The van der Waals surface area contributed by atoms with Crippen LogP contribution in [0.5, 0.6) is 5.75 Å². The van der Waals surface area contributed by atoms with E-state index in [1.165, 1.54) is 5.39 Å². The van der Waals surface area contributed by atoms with Crippen LogP contribution in [-0.2, 0) is 17.9 Å². The van der Waals surface area contributed by atoms with E-state index in [9.17, 15) is 4.79 Å². The molecule has 5 nitrogen and oxygen atoms in total. The Hall–Kier alpha value is -2.79. The number of nitrogens with one attached hydrogen (secondary N) is 1. The molecule has 1 N–H and O–H groups in total. The summed E-state index contributed by atoms with van der Waals surface area (Å²) in [4.78, 5) is 14.2. The molecule has 0 saturated carbocycles. The summed E-state index contributed by atoms with van der Waals surface area (Å²) in [7, 11) is 4.04. The topological polar surface area (TPSA) is 46.5 Å². The van der Waals surface area contributed by atoms with Gasteiger partial charge < -0.3 is 19.5 Å². The van der Waals surface area contributed by atoms with E-state index in [0.29, 0.717) is 26.1 Å². The van der Waals surface area contributed by atoms with E-state index in [1.807, 2.05) is 56.7 Å². The molecule has 1 heterocycles. The van der Waals surface area contributed by atoms with Gasteiger partial charge in [-0.2, -0.15) is 0 Å². The molecular formula is C22H27N3O2. The van der Waals surface area contributed by atoms with Gasteiger partial charge in [0.05, 0.1) is 0 Å². The third kappa shape index (κ3) is 5.59. The highest BCUT2D eigenvalue weighted by atomic mass is 16.5. The lowest BCUT2D eigenvalue weighted by Crippen LogP contribution is -2.23. The van der Waals surface area contributed by atoms with Crippen LogP contribution in [0.15, 0.2) is 60.8 Å². The summed E-state index contributed by atoms with van der Waals surface area (Å²) in [5, 5.41) is 4.19. The number of carbonyl (C=O) groups is 1. The molecule has 5 heteroatoms. The third-order valence-corrected chi connectivity index (χ3v) is 4.48. The van der Waals surface area contributed by atoms with Gasteiger partial charge in [0.2, 0.25) is 5.91 Å². The minimum Gasteiger partial charge on any atom is -0.492 e. The number of aromatic nitrogens is 1. The van der Waals surface area contributed by atoms with Crippen molar-refractivity contribution in [1.29, 1.82) is 0 Å². The van der Waals surface area contributed by atoms with Gasteiger partial charge in [-0.3, -0.25) is 4.79 Å². The fourth-order valence-corrected chi connectivity index (χ4v) is 2.90. The Bertz CT molecular complexity index is 869. The Morgan fingerprint density at radius 2 is 1.85 bits per heavy atom. The summed E-state index contributed by atoms with van der Waals surface area (Å²) in [5.74, 6) is 0.908. The van der Waals surface area contributed by atoms with Crippen molar-refractivity contribution in [2.75, 3.05) is 27.2 Å². The number of hydrogen-bond donors (Lipinski definition) is 1. The number of likely N-dealkylation sites (N-methyl/N-ethyl adjacent to an activating group) is 1. The molecule has 1 amide bonds. The molecule has 0 aliphatic carbocycles. The number of benzene rings is 2. The maximum Gasteiger partial charge on any atom is 0.222 e. The first-order valence-corrected chi connectivity index (χ1v) is 9.29. The zero-order chi connectivity index (χ0) is 19.1. The van der Waals surface area contributed by atoms with Gasteiger partial charge in [-0.25, -0.2) is 0 Å². The Morgan fingerprint density at radius 1 is 1.07 bits per heavy atom. The van der Waals surface area contributed by atoms with Gasteiger partial charge >= 0.3 is 0 Å². The summed E-state index contributed by atoms with van der Waals surface area (Å²) < 4.78 is 7.80. The molecule has 0 bridgehead atoms. The molecule has 0 saturated heterocycles. The second kappa shape index (κ2) is 9.24. The van der Waals surface area contributed by atoms with Crippen LogP contribution in [0.25, 0.3) is 10.9 Å². The van der Waals surface area contributed by atoms with E-state index in [1.54, 1.807) is 0 Å². The second-order valence-corrected chi connectivity index (χ2v) is 6.89. The van der Waals surface area contributed by atoms with Crippen LogP contribution in [0.2, 0.25) is 0 Å². The number of rotatable bonds is 9. The third-order valence-electron chi connectivity index (χ3n) is 4.48. The quantitative estimate of drug-likeness (QED) is 0.633. The largest absolute Gasteiger partial charge is 0.492 e. The average Bonchev–Trinajstić information content (AvgIpc) is 3.08. The summed E-state index contributed by atoms with van der Waals surface area (Å²) in [6, 6.07) is 18.2. The number of fused-ring (bicyclic) bond motifs is 1. The molecule has 3 aromatic rings. The molecule has 0 unspecified atom stereocenters. The Balaban J connectivity index is 1.42. The van der Waals surface area contributed by atoms with Gasteiger partial charge in [0.15, 0.2) is 0 Å². The van der Waals surface area contributed by atoms with Gasteiger partial charge in [-0.15, -0.1) is 0 Å². The first-order valence-electron chi connectivity index (χ1n) is 9.29. The minimum absolute atomic E-state index is 0.0547. The molecule has 0 spiro atoms. The molecule has 27 heavy (non-hydrogen) atoms. The zero-order valence-electron chi connectivity index (χ0n) is 16.0. The summed E-state index contributed by atoms with van der Waals surface area (Å²) >= 11 is 0. The maximum absolute atomic E-state index is 12.2. The highest BCUT2D eigenvalue weighted by Crippen LogP contribution is 2.15. The predicted molar refractivity (Wildman–Crippen MR) is 109 cm³/mol. The highest BCUT2D eigenvalue weighted by molar-refractivity contribution is 5.80. The smallest absolute Gasteiger partial charge is 0.222 e. The standard InChI is InChI=1S/C22H27N3O2/c1-24(2)15-16-27-20-9-7-18(8-10-20)17-23-22(26)12-14-25-13-11-19-5-3-4-6-21(19)25/h3-11,13H,12,14-17H2,1-2H3,(H,23,26). The van der Waals surface area contributed by atoms with Gasteiger partial charge in [0.1, 0.15) is 12.4 Å². The first-order chi connectivity index (χ1) is 13.1. The zero-order valence-corrected chi connectivity index (χ0v) is 16.0. The number of aryl methyl sites for hydroxylation is 1. The normalized spacial score (nSPS) is 11.1. The number of amides is 1. The summed E-state index contributed by atoms with van der Waals surface area (Å²) in [6.45, 7) is 2.76. The lowest BCUT2D eigenvalue weighted by atomic mass is 10.2. The molecule has 0 aliphatic heterocycles. The lowest BCUT2D eigenvalue weighted by Gasteiger charge is -2.11. The van der Waals surface area contributed by atoms with Crippen LogP contribution >= 0.6 is 0 Å². The van der Waals surface area contributed by atoms with Crippen molar-refractivity contribution < 1.29 is 9.53 Å². The molecule has 3 rings (SSSR count). The second-order valence-electron chi connectivity index (χ2n) is 6.89. The van der Waals surface area contributed by atoms with Crippen LogP contribution in [0.1, 0.15) is 12.0 Å². The van der Waals surface area contributed by atoms with E-state index in [2.05, 4.69) is 33.0 Å². The molecule has 0 atom stereocenters. The van der Waals surface area contributed by atoms with Crippen LogP contribution in [0.3, 0.4) is 0 Å². The number of hydrogen-bond acceptors (Lipinski definition) is 3. The highest BCUT2D eigenvalue weighted by Gasteiger charge is 2.05. The van der Waals surface area contributed by atoms with Gasteiger partial charge in [-0.05, 0) is 49.3 Å². The Kier molecular flexibility index (Phi) is 6.49. The van der Waals surface area contributed by atoms with E-state index in [4.69, 9.17) is 4.74 Å². The van der Waals surface area contributed by atoms with Gasteiger partial charge in [0.25, 0.3) is 0 Å². The van der Waals surface area contributed by atoms with E-state index < -0.39 is 0 Å². The van der Waals surface area contributed by atoms with Crippen molar-refractivity contribution >= 4 is 16.8 Å². The molecular weight excluding hydrogens is 338 g/mol. The van der Waals surface area contributed by atoms with Crippen molar-refractivity contribution in [3.8, 4) is 5.75 Å². The van der Waals surface area contributed by atoms with E-state index >= 15 is 0 Å². The van der Waals surface area contributed by atoms with Crippen molar-refractivity contribution in [3.05, 3.63) is 66.4 Å². The first kappa shape index (κ1) is 19.0. The van der Waals surface area contributed by atoms with Crippen LogP contribution in [0, 0.1) is 0 Å².